The highest BCUT2D eigenvalue weighted by molar-refractivity contribution is 6.30. The van der Waals surface area contributed by atoms with Crippen LogP contribution in [0.25, 0.3) is 27.7 Å². The molecule has 6 nitrogen and oxygen atoms in total. The van der Waals surface area contributed by atoms with Crippen LogP contribution >= 0.6 is 11.6 Å². The molecule has 0 aliphatic rings. The Morgan fingerprint density at radius 2 is 1.97 bits per heavy atom. The molecule has 1 N–H and O–H groups in total. The highest BCUT2D eigenvalue weighted by atomic mass is 35.5. The molecule has 0 saturated carbocycles. The fraction of sp³-hybridized carbons (Fsp3) is 0.208. The molecule has 31 heavy (non-hydrogen) atoms. The van der Waals surface area contributed by atoms with Crippen LogP contribution in [0.15, 0.2) is 59.5 Å². The van der Waals surface area contributed by atoms with Gasteiger partial charge < -0.3 is 4.74 Å². The molecule has 0 aliphatic carbocycles. The summed E-state index contributed by atoms with van der Waals surface area (Å²) in [6.07, 6.45) is 3.35. The third-order valence-corrected chi connectivity index (χ3v) is 5.38. The van der Waals surface area contributed by atoms with Gasteiger partial charge in [0.05, 0.1) is 28.8 Å². The number of nitrogens with one attached hydrogen (secondary N) is 1. The minimum absolute atomic E-state index is 0.207. The summed E-state index contributed by atoms with van der Waals surface area (Å²) in [6.45, 7) is 4.31. The molecule has 0 atom stereocenters. The maximum Gasteiger partial charge on any atom is 0.338 e. The van der Waals surface area contributed by atoms with E-state index in [1.807, 2.05) is 19.9 Å². The lowest BCUT2D eigenvalue weighted by atomic mass is 10.00. The van der Waals surface area contributed by atoms with E-state index in [-0.39, 0.29) is 11.5 Å². The lowest BCUT2D eigenvalue weighted by Gasteiger charge is -2.09. The van der Waals surface area contributed by atoms with Gasteiger partial charge in [0.1, 0.15) is 0 Å². The van der Waals surface area contributed by atoms with E-state index in [2.05, 4.69) is 10.1 Å². The predicted molar refractivity (Wildman–Crippen MR) is 122 cm³/mol. The van der Waals surface area contributed by atoms with Gasteiger partial charge in [0.15, 0.2) is 0 Å². The van der Waals surface area contributed by atoms with E-state index in [4.69, 9.17) is 16.3 Å². The van der Waals surface area contributed by atoms with E-state index < -0.39 is 0 Å². The number of carbonyl (C=O) groups is 1. The topological polar surface area (TPSA) is 77.0 Å². The number of hydrogen-bond acceptors (Lipinski definition) is 4. The van der Waals surface area contributed by atoms with Gasteiger partial charge in [-0.2, -0.15) is 0 Å². The van der Waals surface area contributed by atoms with Gasteiger partial charge in [-0.3, -0.25) is 14.9 Å². The van der Waals surface area contributed by atoms with Crippen molar-refractivity contribution in [1.29, 1.82) is 0 Å². The zero-order valence-corrected chi connectivity index (χ0v) is 18.1. The van der Waals surface area contributed by atoms with E-state index in [1.54, 1.807) is 48.7 Å². The lowest BCUT2D eigenvalue weighted by molar-refractivity contribution is 0.0500. The van der Waals surface area contributed by atoms with Crippen molar-refractivity contribution in [2.75, 3.05) is 6.61 Å². The fourth-order valence-corrected chi connectivity index (χ4v) is 3.61. The van der Waals surface area contributed by atoms with Gasteiger partial charge in [-0.05, 0) is 55.3 Å². The molecule has 0 unspecified atom stereocenters. The maximum atomic E-state index is 13.0. The molecule has 0 fully saturated rings. The van der Waals surface area contributed by atoms with E-state index in [1.165, 1.54) is 4.68 Å². The number of benzene rings is 2. The second kappa shape index (κ2) is 8.78. The molecule has 2 aromatic carbocycles. The number of nitrogens with zero attached hydrogens (tertiary/aromatic N) is 2. The summed E-state index contributed by atoms with van der Waals surface area (Å²) in [5.74, 6) is -0.361. The van der Waals surface area contributed by atoms with E-state index in [0.29, 0.717) is 33.8 Å². The van der Waals surface area contributed by atoms with E-state index >= 15 is 0 Å². The first-order chi connectivity index (χ1) is 15.0. The monoisotopic (exact) mass is 435 g/mol. The van der Waals surface area contributed by atoms with Crippen LogP contribution in [0.3, 0.4) is 0 Å². The molecule has 0 amide bonds. The number of hydrogen-bond donors (Lipinski definition) is 1. The van der Waals surface area contributed by atoms with Crippen LogP contribution in [0.5, 0.6) is 0 Å². The Labute approximate surface area is 184 Å². The van der Waals surface area contributed by atoms with Crippen LogP contribution in [-0.4, -0.2) is 27.3 Å². The molecule has 0 radical (unpaired) electrons. The van der Waals surface area contributed by atoms with Gasteiger partial charge in [-0.25, -0.2) is 9.48 Å². The number of aromatic nitrogens is 3. The zero-order valence-electron chi connectivity index (χ0n) is 17.3. The van der Waals surface area contributed by atoms with Gasteiger partial charge in [0.25, 0.3) is 5.56 Å². The molecule has 0 bridgehead atoms. The number of rotatable bonds is 6. The Morgan fingerprint density at radius 3 is 2.71 bits per heavy atom. The molecule has 0 saturated heterocycles. The number of unbranched alkanes of at least 4 members (excludes halogenated alkanes) is 1. The molecular weight excluding hydrogens is 414 g/mol. The maximum absolute atomic E-state index is 13.0. The van der Waals surface area contributed by atoms with Crippen molar-refractivity contribution in [3.8, 4) is 16.8 Å². The smallest absolute Gasteiger partial charge is 0.338 e. The third-order valence-electron chi connectivity index (χ3n) is 5.13. The normalized spacial score (nSPS) is 11.1. The molecule has 4 rings (SSSR count). The number of halogens is 1. The Balaban J connectivity index is 1.81. The second-order valence-corrected chi connectivity index (χ2v) is 7.74. The molecule has 2 aromatic heterocycles. The number of ether oxygens (including phenoxy) is 1. The Kier molecular flexibility index (Phi) is 5.91. The van der Waals surface area contributed by atoms with Crippen molar-refractivity contribution in [2.45, 2.75) is 26.7 Å². The summed E-state index contributed by atoms with van der Waals surface area (Å²) in [4.78, 5) is 29.9. The van der Waals surface area contributed by atoms with Crippen LogP contribution in [0.4, 0.5) is 0 Å². The van der Waals surface area contributed by atoms with Crippen molar-refractivity contribution in [1.82, 2.24) is 14.8 Å². The van der Waals surface area contributed by atoms with Crippen molar-refractivity contribution < 1.29 is 9.53 Å². The number of H-pyrrole nitrogens is 1. The summed E-state index contributed by atoms with van der Waals surface area (Å²) in [5, 5.41) is 4.26. The Hall–Kier alpha value is -3.38. The SMILES string of the molecule is CCCCOC(=O)c1cccc(-c2c(C)ncc3c(=O)n(-c4ccc(Cl)cc4)[nH]c23)c1. The summed E-state index contributed by atoms with van der Waals surface area (Å²) < 4.78 is 6.81. The molecule has 4 aromatic rings. The largest absolute Gasteiger partial charge is 0.462 e. The summed E-state index contributed by atoms with van der Waals surface area (Å²) in [7, 11) is 0. The van der Waals surface area contributed by atoms with E-state index in [9.17, 15) is 9.59 Å². The van der Waals surface area contributed by atoms with Crippen LogP contribution < -0.4 is 5.56 Å². The second-order valence-electron chi connectivity index (χ2n) is 7.31. The average molecular weight is 436 g/mol. The molecule has 2 heterocycles. The third kappa shape index (κ3) is 4.11. The zero-order chi connectivity index (χ0) is 22.0. The minimum atomic E-state index is -0.361. The van der Waals surface area contributed by atoms with Gasteiger partial charge in [0.2, 0.25) is 0 Å². The molecule has 158 valence electrons. The number of aryl methyl sites for hydroxylation is 1. The molecule has 7 heteroatoms. The minimum Gasteiger partial charge on any atom is -0.462 e. The van der Waals surface area contributed by atoms with Gasteiger partial charge in [-0.1, -0.05) is 37.1 Å². The average Bonchev–Trinajstić information content (AvgIpc) is 3.10. The van der Waals surface area contributed by atoms with Crippen molar-refractivity contribution in [3.05, 3.63) is 81.4 Å². The first-order valence-corrected chi connectivity index (χ1v) is 10.5. The summed E-state index contributed by atoms with van der Waals surface area (Å²) >= 11 is 5.98. The van der Waals surface area contributed by atoms with Crippen molar-refractivity contribution in [2.24, 2.45) is 0 Å². The Morgan fingerprint density at radius 1 is 1.19 bits per heavy atom. The summed E-state index contributed by atoms with van der Waals surface area (Å²) in [6, 6.07) is 14.2. The fourth-order valence-electron chi connectivity index (χ4n) is 3.49. The highest BCUT2D eigenvalue weighted by Gasteiger charge is 2.17. The van der Waals surface area contributed by atoms with Crippen LogP contribution in [0.2, 0.25) is 5.02 Å². The number of carbonyl (C=O) groups excluding carboxylic acids is 1. The van der Waals surface area contributed by atoms with Crippen LogP contribution in [0.1, 0.15) is 35.8 Å². The van der Waals surface area contributed by atoms with Crippen molar-refractivity contribution in [3.63, 3.8) is 0 Å². The number of fused-ring (bicyclic) bond motifs is 1. The van der Waals surface area contributed by atoms with E-state index in [0.717, 1.165) is 29.7 Å². The van der Waals surface area contributed by atoms with Crippen molar-refractivity contribution >= 4 is 28.5 Å². The standard InChI is InChI=1S/C24H22ClN3O3/c1-3-4-12-31-24(30)17-7-5-6-16(13-17)21-15(2)26-14-20-22(21)27-28(23(20)29)19-10-8-18(25)9-11-19/h5-11,13-14,27H,3-4,12H2,1-2H3. The summed E-state index contributed by atoms with van der Waals surface area (Å²) in [5.41, 5.74) is 3.88. The molecule has 0 spiro atoms. The lowest BCUT2D eigenvalue weighted by Crippen LogP contribution is -2.14. The predicted octanol–water partition coefficient (Wildman–Crippen LogP) is 5.30. The van der Waals surface area contributed by atoms with Gasteiger partial charge in [0, 0.05) is 22.5 Å². The quantitative estimate of drug-likeness (QED) is 0.329. The number of pyridine rings is 1. The van der Waals surface area contributed by atoms with Gasteiger partial charge >= 0.3 is 5.97 Å². The van der Waals surface area contributed by atoms with Crippen LogP contribution in [0, 0.1) is 6.92 Å². The number of esters is 1. The Bertz CT molecular complexity index is 1310. The first-order valence-electron chi connectivity index (χ1n) is 10.1. The first kappa shape index (κ1) is 20.9. The highest BCUT2D eigenvalue weighted by Crippen LogP contribution is 2.29. The number of aromatic amines is 1. The van der Waals surface area contributed by atoms with Gasteiger partial charge in [-0.15, -0.1) is 0 Å². The van der Waals surface area contributed by atoms with Crippen LogP contribution in [-0.2, 0) is 4.74 Å². The molecular formula is C24H22ClN3O3. The molecule has 0 aliphatic heterocycles.